The van der Waals surface area contributed by atoms with Gasteiger partial charge in [-0.25, -0.2) is 8.78 Å². The number of anilines is 1. The van der Waals surface area contributed by atoms with Gasteiger partial charge in [0, 0.05) is 50.9 Å². The van der Waals surface area contributed by atoms with Gasteiger partial charge in [0.15, 0.2) is 0 Å². The number of piperazine rings is 1. The second-order valence-corrected chi connectivity index (χ2v) is 9.34. The first-order valence-corrected chi connectivity index (χ1v) is 12.5. The van der Waals surface area contributed by atoms with Crippen LogP contribution in [0.3, 0.4) is 0 Å². The molecule has 1 fully saturated rings. The van der Waals surface area contributed by atoms with Crippen LogP contribution < -0.4 is 5.32 Å². The number of para-hydroxylation sites is 1. The highest BCUT2D eigenvalue weighted by atomic mass is 35.5. The van der Waals surface area contributed by atoms with Crippen LogP contribution in [0.2, 0.25) is 0 Å². The first-order chi connectivity index (χ1) is 17.1. The lowest BCUT2D eigenvalue weighted by atomic mass is 9.87. The summed E-state index contributed by atoms with van der Waals surface area (Å²) in [6.45, 7) is 6.06. The third-order valence-electron chi connectivity index (χ3n) is 6.76. The van der Waals surface area contributed by atoms with Gasteiger partial charge < -0.3 is 15.3 Å². The number of aliphatic hydroxyl groups excluding tert-OH is 1. The largest absolute Gasteiger partial charge is 0.390 e. The molecule has 4 nitrogen and oxygen atoms in total. The van der Waals surface area contributed by atoms with E-state index in [0.29, 0.717) is 13.1 Å². The molecule has 2 N–H and O–H groups in total. The van der Waals surface area contributed by atoms with Gasteiger partial charge in [-0.3, -0.25) is 4.90 Å². The number of halogens is 3. The van der Waals surface area contributed by atoms with Gasteiger partial charge in [0.1, 0.15) is 11.6 Å². The Balaban J connectivity index is 0.00000361. The number of aliphatic hydroxyl groups is 1. The first kappa shape index (κ1) is 28.1. The van der Waals surface area contributed by atoms with Gasteiger partial charge in [0.25, 0.3) is 0 Å². The maximum atomic E-state index is 13.5. The molecule has 1 aliphatic rings. The van der Waals surface area contributed by atoms with Crippen molar-refractivity contribution >= 4 is 18.1 Å². The number of nitrogens with zero attached hydrogens (tertiary/aromatic N) is 2. The molecule has 3 aromatic carbocycles. The van der Waals surface area contributed by atoms with Crippen molar-refractivity contribution in [1.29, 1.82) is 0 Å². The highest BCUT2D eigenvalue weighted by molar-refractivity contribution is 5.85. The van der Waals surface area contributed by atoms with Crippen LogP contribution >= 0.6 is 12.4 Å². The van der Waals surface area contributed by atoms with Gasteiger partial charge in [-0.2, -0.15) is 0 Å². The molecule has 1 heterocycles. The van der Waals surface area contributed by atoms with Gasteiger partial charge in [0.05, 0.1) is 6.10 Å². The van der Waals surface area contributed by atoms with Crippen molar-refractivity contribution in [3.8, 4) is 0 Å². The van der Waals surface area contributed by atoms with Gasteiger partial charge in [0.2, 0.25) is 0 Å². The second-order valence-electron chi connectivity index (χ2n) is 9.34. The molecule has 0 saturated carbocycles. The van der Waals surface area contributed by atoms with Crippen molar-refractivity contribution in [1.82, 2.24) is 9.80 Å². The zero-order chi connectivity index (χ0) is 24.5. The minimum Gasteiger partial charge on any atom is -0.390 e. The summed E-state index contributed by atoms with van der Waals surface area (Å²) in [6, 6.07) is 23.3. The summed E-state index contributed by atoms with van der Waals surface area (Å²) in [5.74, 6) is -0.374. The lowest BCUT2D eigenvalue weighted by molar-refractivity contribution is 0.0776. The maximum absolute atomic E-state index is 13.5. The summed E-state index contributed by atoms with van der Waals surface area (Å²) >= 11 is 0. The quantitative estimate of drug-likeness (QED) is 0.359. The standard InChI is InChI=1S/C29H35F2N3O.ClH/c30-25-12-8-23(9-13-25)29(24-10-14-26(31)15-11-24)7-4-16-33-17-19-34(20-18-33)22-28(35)21-32-27-5-2-1-3-6-27;/h1-3,5-6,8-15,28-29,32,35H,4,7,16-22H2;1H. The third kappa shape index (κ3) is 8.56. The van der Waals surface area contributed by atoms with Gasteiger partial charge in [-0.1, -0.05) is 42.5 Å². The topological polar surface area (TPSA) is 38.7 Å². The minimum atomic E-state index is -0.408. The van der Waals surface area contributed by atoms with Crippen LogP contribution in [-0.2, 0) is 0 Å². The van der Waals surface area contributed by atoms with E-state index in [1.54, 1.807) is 0 Å². The molecule has 1 atom stereocenters. The molecular formula is C29H36ClF2N3O. The average Bonchev–Trinajstić information content (AvgIpc) is 2.88. The predicted molar refractivity (Wildman–Crippen MR) is 145 cm³/mol. The van der Waals surface area contributed by atoms with Crippen LogP contribution in [0.5, 0.6) is 0 Å². The molecule has 7 heteroatoms. The fourth-order valence-corrected chi connectivity index (χ4v) is 4.78. The number of benzene rings is 3. The molecule has 1 aliphatic heterocycles. The van der Waals surface area contributed by atoms with E-state index in [2.05, 4.69) is 15.1 Å². The molecule has 194 valence electrons. The molecule has 0 radical (unpaired) electrons. The monoisotopic (exact) mass is 515 g/mol. The molecule has 0 aliphatic carbocycles. The smallest absolute Gasteiger partial charge is 0.123 e. The molecule has 1 unspecified atom stereocenters. The van der Waals surface area contributed by atoms with E-state index >= 15 is 0 Å². The van der Waals surface area contributed by atoms with Crippen molar-refractivity contribution in [2.75, 3.05) is 51.1 Å². The van der Waals surface area contributed by atoms with Crippen molar-refractivity contribution < 1.29 is 13.9 Å². The van der Waals surface area contributed by atoms with Crippen molar-refractivity contribution in [3.63, 3.8) is 0 Å². The fraction of sp³-hybridized carbons (Fsp3) is 0.379. The van der Waals surface area contributed by atoms with E-state index in [0.717, 1.165) is 62.4 Å². The molecule has 36 heavy (non-hydrogen) atoms. The molecule has 4 rings (SSSR count). The average molecular weight is 516 g/mol. The van der Waals surface area contributed by atoms with Crippen molar-refractivity contribution in [2.24, 2.45) is 0 Å². The first-order valence-electron chi connectivity index (χ1n) is 12.5. The summed E-state index contributed by atoms with van der Waals surface area (Å²) < 4.78 is 26.9. The molecular weight excluding hydrogens is 480 g/mol. The Hall–Kier alpha value is -2.51. The molecule has 1 saturated heterocycles. The molecule has 0 bridgehead atoms. The maximum Gasteiger partial charge on any atom is 0.123 e. The van der Waals surface area contributed by atoms with E-state index in [1.807, 2.05) is 54.6 Å². The van der Waals surface area contributed by atoms with Crippen LogP contribution in [-0.4, -0.2) is 66.8 Å². The number of rotatable bonds is 11. The zero-order valence-corrected chi connectivity index (χ0v) is 21.3. The van der Waals surface area contributed by atoms with E-state index in [-0.39, 0.29) is 30.0 Å². The van der Waals surface area contributed by atoms with Gasteiger partial charge in [-0.15, -0.1) is 12.4 Å². The van der Waals surface area contributed by atoms with Crippen molar-refractivity contribution in [3.05, 3.63) is 102 Å². The number of hydrogen-bond donors (Lipinski definition) is 2. The third-order valence-corrected chi connectivity index (χ3v) is 6.76. The van der Waals surface area contributed by atoms with E-state index in [9.17, 15) is 13.9 Å². The summed E-state index contributed by atoms with van der Waals surface area (Å²) in [6.07, 6.45) is 1.51. The van der Waals surface area contributed by atoms with E-state index in [4.69, 9.17) is 0 Å². The number of nitrogens with one attached hydrogen (secondary N) is 1. The van der Waals surface area contributed by atoms with Gasteiger partial charge >= 0.3 is 0 Å². The van der Waals surface area contributed by atoms with Crippen LogP contribution in [0, 0.1) is 11.6 Å². The Morgan fingerprint density at radius 2 is 1.28 bits per heavy atom. The Morgan fingerprint density at radius 3 is 1.83 bits per heavy atom. The molecule has 3 aromatic rings. The highest BCUT2D eigenvalue weighted by Gasteiger charge is 2.20. The lowest BCUT2D eigenvalue weighted by Crippen LogP contribution is -2.49. The summed E-state index contributed by atoms with van der Waals surface area (Å²) in [7, 11) is 0. The van der Waals surface area contributed by atoms with E-state index in [1.165, 1.54) is 24.3 Å². The van der Waals surface area contributed by atoms with Crippen LogP contribution in [0.25, 0.3) is 0 Å². The van der Waals surface area contributed by atoms with Crippen LogP contribution in [0.4, 0.5) is 14.5 Å². The van der Waals surface area contributed by atoms with E-state index < -0.39 is 6.10 Å². The zero-order valence-electron chi connectivity index (χ0n) is 20.5. The number of hydrogen-bond acceptors (Lipinski definition) is 4. The Kier molecular flexibility index (Phi) is 11.1. The van der Waals surface area contributed by atoms with Gasteiger partial charge in [-0.05, 0) is 66.9 Å². The minimum absolute atomic E-state index is 0. The number of β-amino-alcohol motifs (C(OH)–C–C–N with tert-alkyl or cyclic N) is 1. The predicted octanol–water partition coefficient (Wildman–Crippen LogP) is 5.39. The fourth-order valence-electron chi connectivity index (χ4n) is 4.78. The van der Waals surface area contributed by atoms with Crippen LogP contribution in [0.1, 0.15) is 29.9 Å². The Labute approximate surface area is 219 Å². The molecule has 0 amide bonds. The van der Waals surface area contributed by atoms with Crippen molar-refractivity contribution in [2.45, 2.75) is 24.9 Å². The van der Waals surface area contributed by atoms with Crippen LogP contribution in [0.15, 0.2) is 78.9 Å². The normalized spacial score (nSPS) is 15.4. The molecule has 0 aromatic heterocycles. The summed E-state index contributed by atoms with van der Waals surface area (Å²) in [5, 5.41) is 13.7. The molecule has 0 spiro atoms. The Bertz CT molecular complexity index is 967. The summed E-state index contributed by atoms with van der Waals surface area (Å²) in [4.78, 5) is 4.80. The Morgan fingerprint density at radius 1 is 0.750 bits per heavy atom. The summed E-state index contributed by atoms with van der Waals surface area (Å²) in [5.41, 5.74) is 3.14. The second kappa shape index (κ2) is 14.3. The lowest BCUT2D eigenvalue weighted by Gasteiger charge is -2.36. The SMILES string of the molecule is Cl.OC(CNc1ccccc1)CN1CCN(CCCC(c2ccc(F)cc2)c2ccc(F)cc2)CC1. The highest BCUT2D eigenvalue weighted by Crippen LogP contribution is 2.30.